The lowest BCUT2D eigenvalue weighted by Crippen LogP contribution is -2.25. The number of hydrogen-bond acceptors (Lipinski definition) is 2. The van der Waals surface area contributed by atoms with Gasteiger partial charge in [0, 0.05) is 18.7 Å². The minimum absolute atomic E-state index is 0.221. The maximum absolute atomic E-state index is 13.6. The molecule has 1 aliphatic carbocycles. The first-order valence-electron chi connectivity index (χ1n) is 6.92. The Morgan fingerprint density at radius 3 is 2.79 bits per heavy atom. The standard InChI is InChI=1S/C16H21FN2/c1-2-19(11-13-5-6-13)12-15-8-14(4-3-7-18)9-16(17)10-15/h8-10,13H,2,5-7,11-12,18H2,1H3. The van der Waals surface area contributed by atoms with Gasteiger partial charge in [0.2, 0.25) is 0 Å². The summed E-state index contributed by atoms with van der Waals surface area (Å²) in [4.78, 5) is 2.37. The molecule has 1 saturated carbocycles. The molecule has 0 heterocycles. The molecule has 1 aromatic rings. The Kier molecular flexibility index (Phi) is 4.95. The number of nitrogens with zero attached hydrogens (tertiary/aromatic N) is 1. The summed E-state index contributed by atoms with van der Waals surface area (Å²) >= 11 is 0. The van der Waals surface area contributed by atoms with Crippen LogP contribution < -0.4 is 5.73 Å². The highest BCUT2D eigenvalue weighted by atomic mass is 19.1. The summed E-state index contributed by atoms with van der Waals surface area (Å²) < 4.78 is 13.6. The lowest BCUT2D eigenvalue weighted by molar-refractivity contribution is 0.268. The van der Waals surface area contributed by atoms with Gasteiger partial charge in [0.25, 0.3) is 0 Å². The fraction of sp³-hybridized carbons (Fsp3) is 0.500. The number of halogens is 1. The summed E-state index contributed by atoms with van der Waals surface area (Å²) in [5.74, 6) is 6.29. The van der Waals surface area contributed by atoms with E-state index in [9.17, 15) is 4.39 Å². The highest BCUT2D eigenvalue weighted by Crippen LogP contribution is 2.30. The number of rotatable bonds is 5. The summed E-state index contributed by atoms with van der Waals surface area (Å²) in [7, 11) is 0. The zero-order valence-electron chi connectivity index (χ0n) is 11.5. The first-order valence-corrected chi connectivity index (χ1v) is 6.92. The van der Waals surface area contributed by atoms with Gasteiger partial charge in [-0.1, -0.05) is 18.8 Å². The third-order valence-corrected chi connectivity index (χ3v) is 3.36. The Balaban J connectivity index is 2.07. The summed E-state index contributed by atoms with van der Waals surface area (Å²) in [5.41, 5.74) is 7.04. The van der Waals surface area contributed by atoms with Gasteiger partial charge in [-0.15, -0.1) is 0 Å². The number of nitrogens with two attached hydrogens (primary N) is 1. The summed E-state index contributed by atoms with van der Waals surface area (Å²) in [6.45, 7) is 5.36. The molecule has 102 valence electrons. The van der Waals surface area contributed by atoms with E-state index in [-0.39, 0.29) is 5.82 Å². The van der Waals surface area contributed by atoms with E-state index in [1.54, 1.807) is 6.07 Å². The van der Waals surface area contributed by atoms with Crippen LogP contribution in [-0.2, 0) is 6.54 Å². The van der Waals surface area contributed by atoms with Crippen LogP contribution in [0.5, 0.6) is 0 Å². The van der Waals surface area contributed by atoms with Gasteiger partial charge < -0.3 is 5.73 Å². The van der Waals surface area contributed by atoms with E-state index in [4.69, 9.17) is 5.73 Å². The van der Waals surface area contributed by atoms with Crippen molar-refractivity contribution in [2.24, 2.45) is 11.7 Å². The quantitative estimate of drug-likeness (QED) is 0.824. The molecule has 2 nitrogen and oxygen atoms in total. The topological polar surface area (TPSA) is 29.3 Å². The second-order valence-electron chi connectivity index (χ2n) is 5.13. The fourth-order valence-electron chi connectivity index (χ4n) is 2.20. The lowest BCUT2D eigenvalue weighted by atomic mass is 10.1. The van der Waals surface area contributed by atoms with Gasteiger partial charge in [0.05, 0.1) is 6.54 Å². The highest BCUT2D eigenvalue weighted by molar-refractivity contribution is 5.38. The van der Waals surface area contributed by atoms with Gasteiger partial charge in [-0.2, -0.15) is 0 Å². The largest absolute Gasteiger partial charge is 0.320 e. The van der Waals surface area contributed by atoms with E-state index in [0.29, 0.717) is 12.1 Å². The van der Waals surface area contributed by atoms with Crippen molar-refractivity contribution in [2.75, 3.05) is 19.6 Å². The van der Waals surface area contributed by atoms with Crippen LogP contribution in [0, 0.1) is 23.6 Å². The van der Waals surface area contributed by atoms with Gasteiger partial charge in [-0.05, 0) is 49.1 Å². The van der Waals surface area contributed by atoms with Gasteiger partial charge in [-0.3, -0.25) is 4.90 Å². The van der Waals surface area contributed by atoms with Crippen LogP contribution in [0.3, 0.4) is 0 Å². The SMILES string of the molecule is CCN(Cc1cc(F)cc(C#CCN)c1)CC1CC1. The molecular weight excluding hydrogens is 239 g/mol. The molecule has 0 bridgehead atoms. The fourth-order valence-corrected chi connectivity index (χ4v) is 2.20. The molecule has 1 aromatic carbocycles. The van der Waals surface area contributed by atoms with E-state index in [0.717, 1.165) is 31.1 Å². The van der Waals surface area contributed by atoms with Crippen molar-refractivity contribution in [1.82, 2.24) is 4.90 Å². The van der Waals surface area contributed by atoms with Crippen molar-refractivity contribution >= 4 is 0 Å². The van der Waals surface area contributed by atoms with Gasteiger partial charge >= 0.3 is 0 Å². The summed E-state index contributed by atoms with van der Waals surface area (Å²) in [6, 6.07) is 5.02. The summed E-state index contributed by atoms with van der Waals surface area (Å²) in [5, 5.41) is 0. The molecule has 0 atom stereocenters. The molecule has 2 rings (SSSR count). The molecule has 1 aliphatic rings. The monoisotopic (exact) mass is 260 g/mol. The highest BCUT2D eigenvalue weighted by Gasteiger charge is 2.23. The average Bonchev–Trinajstić information content (AvgIpc) is 3.19. The molecule has 0 radical (unpaired) electrons. The minimum atomic E-state index is -0.221. The normalized spacial score (nSPS) is 14.3. The lowest BCUT2D eigenvalue weighted by Gasteiger charge is -2.20. The Hall–Kier alpha value is -1.37. The van der Waals surface area contributed by atoms with Crippen molar-refractivity contribution in [2.45, 2.75) is 26.3 Å². The second kappa shape index (κ2) is 6.70. The van der Waals surface area contributed by atoms with Crippen LogP contribution in [0.4, 0.5) is 4.39 Å². The van der Waals surface area contributed by atoms with E-state index >= 15 is 0 Å². The molecular formula is C16H21FN2. The molecule has 1 fully saturated rings. The number of hydrogen-bond donors (Lipinski definition) is 1. The zero-order chi connectivity index (χ0) is 13.7. The third kappa shape index (κ3) is 4.66. The average molecular weight is 260 g/mol. The van der Waals surface area contributed by atoms with Crippen LogP contribution in [0.15, 0.2) is 18.2 Å². The maximum atomic E-state index is 13.6. The van der Waals surface area contributed by atoms with Gasteiger partial charge in [0.1, 0.15) is 5.82 Å². The first kappa shape index (κ1) is 14.0. The van der Waals surface area contributed by atoms with E-state index < -0.39 is 0 Å². The zero-order valence-corrected chi connectivity index (χ0v) is 11.5. The van der Waals surface area contributed by atoms with E-state index in [2.05, 4.69) is 23.7 Å². The Bertz CT molecular complexity index is 483. The molecule has 2 N–H and O–H groups in total. The molecule has 3 heteroatoms. The molecule has 0 unspecified atom stereocenters. The van der Waals surface area contributed by atoms with Gasteiger partial charge in [-0.25, -0.2) is 4.39 Å². The Labute approximate surface area is 114 Å². The van der Waals surface area contributed by atoms with Crippen LogP contribution in [0.25, 0.3) is 0 Å². The second-order valence-corrected chi connectivity index (χ2v) is 5.13. The minimum Gasteiger partial charge on any atom is -0.320 e. The van der Waals surface area contributed by atoms with Crippen LogP contribution in [0.2, 0.25) is 0 Å². The molecule has 0 spiro atoms. The van der Waals surface area contributed by atoms with Crippen LogP contribution in [0.1, 0.15) is 30.9 Å². The summed E-state index contributed by atoms with van der Waals surface area (Å²) in [6.07, 6.45) is 2.68. The first-order chi connectivity index (χ1) is 9.21. The predicted octanol–water partition coefficient (Wildman–Crippen LogP) is 2.37. The molecule has 0 aromatic heterocycles. The predicted molar refractivity (Wildman–Crippen MR) is 76.0 cm³/mol. The third-order valence-electron chi connectivity index (χ3n) is 3.36. The van der Waals surface area contributed by atoms with Crippen LogP contribution in [-0.4, -0.2) is 24.5 Å². The molecule has 0 saturated heterocycles. The van der Waals surface area contributed by atoms with E-state index in [1.165, 1.54) is 18.9 Å². The molecule has 19 heavy (non-hydrogen) atoms. The number of benzene rings is 1. The van der Waals surface area contributed by atoms with E-state index in [1.807, 2.05) is 6.07 Å². The van der Waals surface area contributed by atoms with Gasteiger partial charge in [0.15, 0.2) is 0 Å². The Morgan fingerprint density at radius 1 is 1.37 bits per heavy atom. The molecule has 0 amide bonds. The van der Waals surface area contributed by atoms with Crippen molar-refractivity contribution in [3.8, 4) is 11.8 Å². The van der Waals surface area contributed by atoms with Crippen molar-refractivity contribution in [1.29, 1.82) is 0 Å². The smallest absolute Gasteiger partial charge is 0.124 e. The van der Waals surface area contributed by atoms with Crippen molar-refractivity contribution in [3.63, 3.8) is 0 Å². The van der Waals surface area contributed by atoms with Crippen molar-refractivity contribution < 1.29 is 4.39 Å². The molecule has 0 aliphatic heterocycles. The van der Waals surface area contributed by atoms with Crippen molar-refractivity contribution in [3.05, 3.63) is 35.1 Å². The Morgan fingerprint density at radius 2 is 2.16 bits per heavy atom. The van der Waals surface area contributed by atoms with Crippen LogP contribution >= 0.6 is 0 Å². The maximum Gasteiger partial charge on any atom is 0.124 e.